The zero-order chi connectivity index (χ0) is 19.8. The van der Waals surface area contributed by atoms with Crippen LogP contribution in [-0.4, -0.2) is 36.0 Å². The number of allylic oxidation sites excluding steroid dienone is 1. The third kappa shape index (κ3) is 5.88. The Labute approximate surface area is 157 Å². The third-order valence-electron chi connectivity index (χ3n) is 3.97. The van der Waals surface area contributed by atoms with Gasteiger partial charge in [-0.25, -0.2) is 0 Å². The number of phenolic OH excluding ortho intramolecular Hbond substituents is 2. The fraction of sp³-hybridized carbons (Fsp3) is 0.238. The van der Waals surface area contributed by atoms with Crippen molar-refractivity contribution in [2.75, 3.05) is 14.2 Å². The summed E-state index contributed by atoms with van der Waals surface area (Å²) in [6.45, 7) is 0. The van der Waals surface area contributed by atoms with Gasteiger partial charge in [-0.2, -0.15) is 0 Å². The summed E-state index contributed by atoms with van der Waals surface area (Å²) in [4.78, 5) is 24.0. The van der Waals surface area contributed by atoms with E-state index in [2.05, 4.69) is 0 Å². The van der Waals surface area contributed by atoms with E-state index in [1.165, 1.54) is 32.4 Å². The first-order valence-corrected chi connectivity index (χ1v) is 8.38. The Morgan fingerprint density at radius 1 is 0.963 bits per heavy atom. The quantitative estimate of drug-likeness (QED) is 0.520. The van der Waals surface area contributed by atoms with Crippen LogP contribution in [-0.2, 0) is 16.0 Å². The minimum Gasteiger partial charge on any atom is -0.504 e. The fourth-order valence-corrected chi connectivity index (χ4v) is 2.49. The number of ketones is 2. The van der Waals surface area contributed by atoms with Crippen molar-refractivity contribution >= 4 is 17.6 Å². The molecule has 142 valence electrons. The molecule has 2 aromatic carbocycles. The van der Waals surface area contributed by atoms with Gasteiger partial charge in [0.2, 0.25) is 0 Å². The maximum Gasteiger partial charge on any atom is 0.163 e. The van der Waals surface area contributed by atoms with Crippen LogP contribution in [0.25, 0.3) is 6.08 Å². The van der Waals surface area contributed by atoms with Gasteiger partial charge in [0.25, 0.3) is 0 Å². The number of carbonyl (C=O) groups is 2. The van der Waals surface area contributed by atoms with E-state index in [-0.39, 0.29) is 35.9 Å². The van der Waals surface area contributed by atoms with Crippen LogP contribution in [0, 0.1) is 0 Å². The number of aryl methyl sites for hydroxylation is 1. The number of Topliss-reactive ketones (excluding diaryl/α,β-unsaturated/α-hetero) is 1. The molecule has 0 saturated carbocycles. The summed E-state index contributed by atoms with van der Waals surface area (Å²) >= 11 is 0. The summed E-state index contributed by atoms with van der Waals surface area (Å²) in [6, 6.07) is 9.60. The molecular weight excluding hydrogens is 348 g/mol. The molecule has 0 radical (unpaired) electrons. The Kier molecular flexibility index (Phi) is 7.00. The molecule has 0 spiro atoms. The molecule has 0 aliphatic rings. The van der Waals surface area contributed by atoms with Crippen molar-refractivity contribution in [3.63, 3.8) is 0 Å². The molecule has 0 fully saturated rings. The Morgan fingerprint density at radius 2 is 1.59 bits per heavy atom. The minimum atomic E-state index is -0.296. The summed E-state index contributed by atoms with van der Waals surface area (Å²) < 4.78 is 10.0. The van der Waals surface area contributed by atoms with E-state index in [9.17, 15) is 19.8 Å². The Bertz CT molecular complexity index is 854. The monoisotopic (exact) mass is 370 g/mol. The minimum absolute atomic E-state index is 0.0158. The summed E-state index contributed by atoms with van der Waals surface area (Å²) in [7, 11) is 2.90. The van der Waals surface area contributed by atoms with Crippen LogP contribution in [0.4, 0.5) is 0 Å². The number of benzene rings is 2. The molecule has 0 unspecified atom stereocenters. The first-order chi connectivity index (χ1) is 12.9. The van der Waals surface area contributed by atoms with E-state index < -0.39 is 0 Å². The van der Waals surface area contributed by atoms with E-state index in [4.69, 9.17) is 9.47 Å². The lowest BCUT2D eigenvalue weighted by molar-refractivity contribution is -0.124. The predicted octanol–water partition coefficient (Wildman–Crippen LogP) is 3.29. The van der Waals surface area contributed by atoms with Crippen molar-refractivity contribution in [2.45, 2.75) is 19.3 Å². The number of hydrogen-bond donors (Lipinski definition) is 2. The smallest absolute Gasteiger partial charge is 0.163 e. The average molecular weight is 370 g/mol. The van der Waals surface area contributed by atoms with Gasteiger partial charge >= 0.3 is 0 Å². The van der Waals surface area contributed by atoms with Crippen LogP contribution in [0.2, 0.25) is 0 Å². The molecule has 2 N–H and O–H groups in total. The standard InChI is InChI=1S/C21H22O6/c1-26-20-11-14(5-9-18(20)24)3-7-16(22)13-17(23)8-4-15-6-10-19(25)21(12-15)27-2/h3,5-7,9-12,24-25H,4,8,13H2,1-2H3/b7-3+. The highest BCUT2D eigenvalue weighted by molar-refractivity contribution is 6.06. The summed E-state index contributed by atoms with van der Waals surface area (Å²) in [5.41, 5.74) is 1.53. The summed E-state index contributed by atoms with van der Waals surface area (Å²) in [5, 5.41) is 19.1. The summed E-state index contributed by atoms with van der Waals surface area (Å²) in [6.07, 6.45) is 3.42. The first kappa shape index (κ1) is 20.0. The second kappa shape index (κ2) is 9.43. The molecule has 0 bridgehead atoms. The van der Waals surface area contributed by atoms with Crippen LogP contribution < -0.4 is 9.47 Å². The number of phenols is 2. The molecule has 2 rings (SSSR count). The van der Waals surface area contributed by atoms with Gasteiger partial charge < -0.3 is 19.7 Å². The van der Waals surface area contributed by atoms with Crippen molar-refractivity contribution in [1.82, 2.24) is 0 Å². The highest BCUT2D eigenvalue weighted by atomic mass is 16.5. The topological polar surface area (TPSA) is 93.1 Å². The van der Waals surface area contributed by atoms with Gasteiger partial charge in [-0.15, -0.1) is 0 Å². The molecule has 0 aliphatic carbocycles. The second-order valence-corrected chi connectivity index (χ2v) is 5.95. The number of hydrogen-bond acceptors (Lipinski definition) is 6. The molecule has 0 amide bonds. The number of rotatable bonds is 9. The van der Waals surface area contributed by atoms with Gasteiger partial charge in [-0.1, -0.05) is 18.2 Å². The molecule has 0 atom stereocenters. The zero-order valence-electron chi connectivity index (χ0n) is 15.3. The normalized spacial score (nSPS) is 10.7. The van der Waals surface area contributed by atoms with Gasteiger partial charge in [0.1, 0.15) is 5.78 Å². The Balaban J connectivity index is 1.87. The van der Waals surface area contributed by atoms with Crippen molar-refractivity contribution in [2.24, 2.45) is 0 Å². The van der Waals surface area contributed by atoms with Crippen molar-refractivity contribution in [1.29, 1.82) is 0 Å². The van der Waals surface area contributed by atoms with Crippen LogP contribution in [0.15, 0.2) is 42.5 Å². The maximum absolute atomic E-state index is 12.0. The molecule has 2 aromatic rings. The number of ether oxygens (including phenoxy) is 2. The molecular formula is C21H22O6. The molecule has 0 aromatic heterocycles. The van der Waals surface area contributed by atoms with Crippen LogP contribution >= 0.6 is 0 Å². The van der Waals surface area contributed by atoms with Crippen molar-refractivity contribution in [3.8, 4) is 23.0 Å². The molecule has 0 heterocycles. The third-order valence-corrected chi connectivity index (χ3v) is 3.97. The van der Waals surface area contributed by atoms with E-state index in [1.807, 2.05) is 0 Å². The molecule has 0 aliphatic heterocycles. The van der Waals surface area contributed by atoms with Gasteiger partial charge in [-0.05, 0) is 47.9 Å². The highest BCUT2D eigenvalue weighted by Gasteiger charge is 2.09. The van der Waals surface area contributed by atoms with E-state index >= 15 is 0 Å². The van der Waals surface area contributed by atoms with Gasteiger partial charge in [0.05, 0.1) is 20.6 Å². The van der Waals surface area contributed by atoms with Gasteiger partial charge in [0.15, 0.2) is 28.8 Å². The SMILES string of the molecule is COc1cc(/C=C/C(=O)CC(=O)CCc2ccc(O)c(OC)c2)ccc1O. The lowest BCUT2D eigenvalue weighted by atomic mass is 10.0. The van der Waals surface area contributed by atoms with Crippen LogP contribution in [0.1, 0.15) is 24.0 Å². The lowest BCUT2D eigenvalue weighted by Crippen LogP contribution is -2.06. The Hall–Kier alpha value is -3.28. The predicted molar refractivity (Wildman–Crippen MR) is 101 cm³/mol. The molecule has 0 saturated heterocycles. The zero-order valence-corrected chi connectivity index (χ0v) is 15.3. The van der Waals surface area contributed by atoms with E-state index in [0.717, 1.165) is 5.56 Å². The van der Waals surface area contributed by atoms with E-state index in [1.54, 1.807) is 30.3 Å². The Morgan fingerprint density at radius 3 is 2.26 bits per heavy atom. The second-order valence-electron chi connectivity index (χ2n) is 5.95. The van der Waals surface area contributed by atoms with Gasteiger partial charge in [-0.3, -0.25) is 9.59 Å². The lowest BCUT2D eigenvalue weighted by Gasteiger charge is -2.06. The van der Waals surface area contributed by atoms with Crippen molar-refractivity contribution < 1.29 is 29.3 Å². The van der Waals surface area contributed by atoms with Gasteiger partial charge in [0, 0.05) is 6.42 Å². The largest absolute Gasteiger partial charge is 0.504 e. The average Bonchev–Trinajstić information content (AvgIpc) is 2.66. The maximum atomic E-state index is 12.0. The molecule has 27 heavy (non-hydrogen) atoms. The van der Waals surface area contributed by atoms with Crippen molar-refractivity contribution in [3.05, 3.63) is 53.6 Å². The number of aromatic hydroxyl groups is 2. The molecule has 6 heteroatoms. The van der Waals surface area contributed by atoms with Crippen LogP contribution in [0.5, 0.6) is 23.0 Å². The van der Waals surface area contributed by atoms with E-state index in [0.29, 0.717) is 23.5 Å². The first-order valence-electron chi connectivity index (χ1n) is 8.38. The number of methoxy groups -OCH3 is 2. The van der Waals surface area contributed by atoms with Crippen LogP contribution in [0.3, 0.4) is 0 Å². The highest BCUT2D eigenvalue weighted by Crippen LogP contribution is 2.27. The molecule has 6 nitrogen and oxygen atoms in total. The summed E-state index contributed by atoms with van der Waals surface area (Å²) in [5.74, 6) is 0.254. The number of carbonyl (C=O) groups excluding carboxylic acids is 2. The fourth-order valence-electron chi connectivity index (χ4n) is 2.49.